The van der Waals surface area contributed by atoms with Crippen LogP contribution in [0.4, 0.5) is 31.0 Å². The van der Waals surface area contributed by atoms with Crippen LogP contribution in [-0.2, 0) is 9.53 Å². The Morgan fingerprint density at radius 1 is 1.21 bits per heavy atom. The molecular formula is C26H35F2N7O3. The number of hydrogen-bond acceptors (Lipinski definition) is 8. The molecule has 206 valence electrons. The van der Waals surface area contributed by atoms with Crippen molar-refractivity contribution >= 4 is 29.5 Å². The molecule has 2 heterocycles. The minimum atomic E-state index is -0.693. The molecule has 1 atom stereocenters. The second kappa shape index (κ2) is 14.7. The Bertz CT molecular complexity index is 1150. The van der Waals surface area contributed by atoms with Gasteiger partial charge in [0.15, 0.2) is 0 Å². The predicted octanol–water partition coefficient (Wildman–Crippen LogP) is 4.03. The lowest BCUT2D eigenvalue weighted by molar-refractivity contribution is -0.125. The van der Waals surface area contributed by atoms with Gasteiger partial charge < -0.3 is 20.7 Å². The number of nitrogens with zero attached hydrogens (tertiary/aromatic N) is 4. The number of ether oxygens (including phenoxy) is 1. The SMILES string of the molecule is C[C@@H](C(=O)NCCCC#Cc1cnc(Nc2ccnc(F)c2)nc1NCCCF)N(C)C(=O)OC(C)(C)C. The van der Waals surface area contributed by atoms with Crippen LogP contribution in [0, 0.1) is 17.8 Å². The zero-order valence-corrected chi connectivity index (χ0v) is 22.4. The Hall–Kier alpha value is -4.01. The van der Waals surface area contributed by atoms with Gasteiger partial charge in [0.25, 0.3) is 0 Å². The number of pyridine rings is 1. The lowest BCUT2D eigenvalue weighted by Gasteiger charge is -2.28. The number of aromatic nitrogens is 3. The third-order valence-corrected chi connectivity index (χ3v) is 5.02. The largest absolute Gasteiger partial charge is 0.444 e. The van der Waals surface area contributed by atoms with Crippen LogP contribution in [0.5, 0.6) is 0 Å². The van der Waals surface area contributed by atoms with E-state index in [0.29, 0.717) is 49.4 Å². The maximum absolute atomic E-state index is 13.3. The normalized spacial score (nSPS) is 11.6. The van der Waals surface area contributed by atoms with E-state index in [1.807, 2.05) is 0 Å². The lowest BCUT2D eigenvalue weighted by Crippen LogP contribution is -2.47. The first kappa shape index (κ1) is 30.2. The minimum Gasteiger partial charge on any atom is -0.444 e. The molecule has 0 radical (unpaired) electrons. The second-order valence-electron chi connectivity index (χ2n) is 9.38. The average Bonchev–Trinajstić information content (AvgIpc) is 2.85. The number of rotatable bonds is 11. The second-order valence-corrected chi connectivity index (χ2v) is 9.38. The van der Waals surface area contributed by atoms with Crippen LogP contribution in [0.25, 0.3) is 0 Å². The van der Waals surface area contributed by atoms with Crippen LogP contribution >= 0.6 is 0 Å². The summed E-state index contributed by atoms with van der Waals surface area (Å²) in [5.74, 6) is 5.72. The molecule has 2 aromatic heterocycles. The highest BCUT2D eigenvalue weighted by Gasteiger charge is 2.26. The average molecular weight is 532 g/mol. The van der Waals surface area contributed by atoms with Crippen molar-refractivity contribution in [3.63, 3.8) is 0 Å². The number of unbranched alkanes of at least 4 members (excludes halogenated alkanes) is 1. The van der Waals surface area contributed by atoms with Crippen LogP contribution in [0.15, 0.2) is 24.5 Å². The first-order valence-corrected chi connectivity index (χ1v) is 12.3. The van der Waals surface area contributed by atoms with Gasteiger partial charge in [0.2, 0.25) is 17.8 Å². The zero-order valence-electron chi connectivity index (χ0n) is 22.4. The Morgan fingerprint density at radius 2 is 1.97 bits per heavy atom. The quantitative estimate of drug-likeness (QED) is 0.226. The van der Waals surface area contributed by atoms with E-state index < -0.39 is 30.4 Å². The molecule has 0 unspecified atom stereocenters. The summed E-state index contributed by atoms with van der Waals surface area (Å²) in [5, 5.41) is 8.73. The molecule has 2 rings (SSSR count). The number of hydrogen-bond donors (Lipinski definition) is 3. The standard InChI is InChI=1S/C26H35F2N7O3/c1-18(35(5)25(37)38-26(2,3)4)23(36)31-13-8-6-7-10-19-17-32-24(34-22(19)30-14-9-12-27)33-20-11-15-29-21(28)16-20/h11,15-18H,6,8-9,12-14H2,1-5H3,(H,31,36)(H2,29,30,32,33,34)/t18-/m0/s1. The van der Waals surface area contributed by atoms with Gasteiger partial charge in [0, 0.05) is 44.5 Å². The van der Waals surface area contributed by atoms with Crippen LogP contribution in [0.1, 0.15) is 52.5 Å². The highest BCUT2D eigenvalue weighted by atomic mass is 19.1. The summed E-state index contributed by atoms with van der Waals surface area (Å²) in [7, 11) is 1.52. The number of halogens is 2. The van der Waals surface area contributed by atoms with Gasteiger partial charge in [0.05, 0.1) is 18.4 Å². The number of likely N-dealkylation sites (N-methyl/N-ethyl adjacent to an activating group) is 1. The summed E-state index contributed by atoms with van der Waals surface area (Å²) in [5.41, 5.74) is 0.302. The van der Waals surface area contributed by atoms with Gasteiger partial charge in [-0.15, -0.1) is 0 Å². The molecule has 0 aliphatic rings. The van der Waals surface area contributed by atoms with Gasteiger partial charge in [-0.05, 0) is 46.6 Å². The van der Waals surface area contributed by atoms with Crippen LogP contribution in [0.3, 0.4) is 0 Å². The maximum Gasteiger partial charge on any atom is 0.410 e. The van der Waals surface area contributed by atoms with Gasteiger partial charge in [-0.25, -0.2) is 14.8 Å². The van der Waals surface area contributed by atoms with Crippen molar-refractivity contribution in [3.05, 3.63) is 36.0 Å². The summed E-state index contributed by atoms with van der Waals surface area (Å²) in [6.07, 6.45) is 3.64. The summed E-state index contributed by atoms with van der Waals surface area (Å²) in [4.78, 5) is 37.9. The fourth-order valence-electron chi connectivity index (χ4n) is 2.91. The molecule has 38 heavy (non-hydrogen) atoms. The van der Waals surface area contributed by atoms with E-state index in [2.05, 4.69) is 42.7 Å². The summed E-state index contributed by atoms with van der Waals surface area (Å²) < 4.78 is 31.2. The fraction of sp³-hybridized carbons (Fsp3) is 0.500. The highest BCUT2D eigenvalue weighted by Crippen LogP contribution is 2.17. The van der Waals surface area contributed by atoms with Crippen molar-refractivity contribution in [2.45, 2.75) is 58.6 Å². The lowest BCUT2D eigenvalue weighted by atomic mass is 10.2. The molecule has 2 aromatic rings. The van der Waals surface area contributed by atoms with Gasteiger partial charge in [-0.2, -0.15) is 9.37 Å². The van der Waals surface area contributed by atoms with E-state index in [0.717, 1.165) is 0 Å². The molecule has 0 aliphatic heterocycles. The van der Waals surface area contributed by atoms with E-state index in [-0.39, 0.29) is 11.9 Å². The van der Waals surface area contributed by atoms with Crippen LogP contribution in [0.2, 0.25) is 0 Å². The summed E-state index contributed by atoms with van der Waals surface area (Å²) in [6.45, 7) is 7.16. The number of alkyl halides is 1. The van der Waals surface area contributed by atoms with Crippen molar-refractivity contribution in [1.29, 1.82) is 0 Å². The molecule has 2 amide bonds. The Balaban J connectivity index is 1.91. The molecule has 0 saturated heterocycles. The molecule has 0 aromatic carbocycles. The van der Waals surface area contributed by atoms with E-state index in [1.54, 1.807) is 33.8 Å². The third kappa shape index (κ3) is 10.5. The number of carbonyl (C=O) groups excluding carboxylic acids is 2. The summed E-state index contributed by atoms with van der Waals surface area (Å²) in [6, 6.07) is 2.09. The molecule has 0 saturated carbocycles. The fourth-order valence-corrected chi connectivity index (χ4v) is 2.91. The number of nitrogens with one attached hydrogen (secondary N) is 3. The van der Waals surface area contributed by atoms with E-state index in [1.165, 1.54) is 30.4 Å². The summed E-state index contributed by atoms with van der Waals surface area (Å²) >= 11 is 0. The van der Waals surface area contributed by atoms with E-state index in [4.69, 9.17) is 4.74 Å². The Kier molecular flexibility index (Phi) is 11.7. The molecule has 0 bridgehead atoms. The number of amides is 2. The molecule has 0 aliphatic carbocycles. The minimum absolute atomic E-state index is 0.220. The van der Waals surface area contributed by atoms with Crippen molar-refractivity contribution < 1.29 is 23.1 Å². The van der Waals surface area contributed by atoms with Gasteiger partial charge in [-0.1, -0.05) is 11.8 Å². The highest BCUT2D eigenvalue weighted by molar-refractivity contribution is 5.85. The molecule has 10 nitrogen and oxygen atoms in total. The van der Waals surface area contributed by atoms with E-state index >= 15 is 0 Å². The van der Waals surface area contributed by atoms with Crippen molar-refractivity contribution in [1.82, 2.24) is 25.2 Å². The van der Waals surface area contributed by atoms with Gasteiger partial charge in [0.1, 0.15) is 17.5 Å². The van der Waals surface area contributed by atoms with Crippen LogP contribution in [-0.4, -0.2) is 70.3 Å². The third-order valence-electron chi connectivity index (χ3n) is 5.02. The monoisotopic (exact) mass is 531 g/mol. The van der Waals surface area contributed by atoms with Crippen molar-refractivity contribution in [2.75, 3.05) is 37.4 Å². The number of carbonyl (C=O) groups is 2. The topological polar surface area (TPSA) is 121 Å². The first-order chi connectivity index (χ1) is 18.0. The van der Waals surface area contributed by atoms with Gasteiger partial charge in [-0.3, -0.25) is 14.1 Å². The first-order valence-electron chi connectivity index (χ1n) is 12.3. The Labute approximate surface area is 222 Å². The van der Waals surface area contributed by atoms with Crippen molar-refractivity contribution in [2.24, 2.45) is 0 Å². The van der Waals surface area contributed by atoms with Crippen molar-refractivity contribution in [3.8, 4) is 11.8 Å². The molecule has 0 fully saturated rings. The van der Waals surface area contributed by atoms with Crippen LogP contribution < -0.4 is 16.0 Å². The zero-order chi connectivity index (χ0) is 28.1. The van der Waals surface area contributed by atoms with E-state index in [9.17, 15) is 18.4 Å². The molecule has 3 N–H and O–H groups in total. The number of anilines is 3. The van der Waals surface area contributed by atoms with Gasteiger partial charge >= 0.3 is 6.09 Å². The Morgan fingerprint density at radius 3 is 2.66 bits per heavy atom. The smallest absolute Gasteiger partial charge is 0.410 e. The molecular weight excluding hydrogens is 496 g/mol. The predicted molar refractivity (Wildman–Crippen MR) is 141 cm³/mol. The molecule has 0 spiro atoms. The maximum atomic E-state index is 13.3. The molecule has 12 heteroatoms.